The number of nitrogens with zero attached hydrogens (tertiary/aromatic N) is 1. The Kier molecular flexibility index (Phi) is 6.57. The van der Waals surface area contributed by atoms with E-state index < -0.39 is 11.7 Å². The molecule has 0 fully saturated rings. The molecule has 0 aliphatic carbocycles. The quantitative estimate of drug-likeness (QED) is 0.705. The Hall–Kier alpha value is -1.30. The fourth-order valence-electron chi connectivity index (χ4n) is 1.08. The third-order valence-corrected chi connectivity index (χ3v) is 1.90. The molecule has 0 bridgehead atoms. The number of hydrogen-bond donors (Lipinski definition) is 2. The zero-order valence-corrected chi connectivity index (χ0v) is 11.1. The van der Waals surface area contributed by atoms with Gasteiger partial charge in [-0.05, 0) is 27.8 Å². The van der Waals surface area contributed by atoms with Crippen LogP contribution in [0.25, 0.3) is 0 Å². The van der Waals surface area contributed by atoms with Crippen LogP contribution >= 0.6 is 0 Å². The SMILES string of the molecule is CN(CCNC(=O)OC(C)(C)C)CCC(N)=O. The summed E-state index contributed by atoms with van der Waals surface area (Å²) in [5.41, 5.74) is 4.55. The summed E-state index contributed by atoms with van der Waals surface area (Å²) >= 11 is 0. The topological polar surface area (TPSA) is 84.7 Å². The molecule has 2 amide bonds. The van der Waals surface area contributed by atoms with Gasteiger partial charge in [-0.1, -0.05) is 0 Å². The minimum atomic E-state index is -0.484. The summed E-state index contributed by atoms with van der Waals surface area (Å²) in [7, 11) is 1.86. The summed E-state index contributed by atoms with van der Waals surface area (Å²) in [6, 6.07) is 0. The molecular formula is C11H23N3O3. The van der Waals surface area contributed by atoms with Crippen molar-refractivity contribution in [2.75, 3.05) is 26.7 Å². The highest BCUT2D eigenvalue weighted by atomic mass is 16.6. The average Bonchev–Trinajstić information content (AvgIpc) is 2.11. The number of nitrogens with two attached hydrogens (primary N) is 1. The van der Waals surface area contributed by atoms with Crippen LogP contribution < -0.4 is 11.1 Å². The number of carbonyl (C=O) groups excluding carboxylic acids is 2. The molecule has 0 spiro atoms. The van der Waals surface area contributed by atoms with Crippen molar-refractivity contribution in [2.24, 2.45) is 5.73 Å². The van der Waals surface area contributed by atoms with Gasteiger partial charge in [0.15, 0.2) is 0 Å². The first kappa shape index (κ1) is 15.7. The number of primary amides is 1. The second-order valence-electron chi connectivity index (χ2n) is 4.95. The zero-order valence-electron chi connectivity index (χ0n) is 11.1. The maximum Gasteiger partial charge on any atom is 0.407 e. The van der Waals surface area contributed by atoms with E-state index in [-0.39, 0.29) is 5.91 Å². The van der Waals surface area contributed by atoms with Crippen molar-refractivity contribution in [3.05, 3.63) is 0 Å². The van der Waals surface area contributed by atoms with Crippen LogP contribution in [0.1, 0.15) is 27.2 Å². The Bertz CT molecular complexity index is 261. The monoisotopic (exact) mass is 245 g/mol. The van der Waals surface area contributed by atoms with Crippen molar-refractivity contribution in [1.82, 2.24) is 10.2 Å². The van der Waals surface area contributed by atoms with Gasteiger partial charge in [-0.3, -0.25) is 4.79 Å². The van der Waals surface area contributed by atoms with E-state index >= 15 is 0 Å². The Morgan fingerprint density at radius 1 is 1.29 bits per heavy atom. The van der Waals surface area contributed by atoms with E-state index in [1.54, 1.807) is 0 Å². The van der Waals surface area contributed by atoms with Crippen molar-refractivity contribution in [3.63, 3.8) is 0 Å². The Labute approximate surface area is 102 Å². The molecule has 100 valence electrons. The molecule has 3 N–H and O–H groups in total. The zero-order chi connectivity index (χ0) is 13.5. The van der Waals surface area contributed by atoms with Gasteiger partial charge in [-0.25, -0.2) is 4.79 Å². The smallest absolute Gasteiger partial charge is 0.407 e. The lowest BCUT2D eigenvalue weighted by molar-refractivity contribution is -0.118. The van der Waals surface area contributed by atoms with E-state index in [1.165, 1.54) is 0 Å². The molecule has 17 heavy (non-hydrogen) atoms. The van der Waals surface area contributed by atoms with Crippen molar-refractivity contribution >= 4 is 12.0 Å². The molecule has 0 rings (SSSR count). The van der Waals surface area contributed by atoms with Crippen LogP contribution in [0.15, 0.2) is 0 Å². The van der Waals surface area contributed by atoms with E-state index in [4.69, 9.17) is 10.5 Å². The lowest BCUT2D eigenvalue weighted by atomic mass is 10.2. The molecule has 0 saturated carbocycles. The van der Waals surface area contributed by atoms with Crippen molar-refractivity contribution < 1.29 is 14.3 Å². The summed E-state index contributed by atoms with van der Waals surface area (Å²) in [4.78, 5) is 23.7. The summed E-state index contributed by atoms with van der Waals surface area (Å²) in [5, 5.41) is 2.64. The summed E-state index contributed by atoms with van der Waals surface area (Å²) in [5.74, 6) is -0.322. The molecule has 0 unspecified atom stereocenters. The molecule has 6 nitrogen and oxygen atoms in total. The third kappa shape index (κ3) is 11.0. The number of rotatable bonds is 6. The van der Waals surface area contributed by atoms with Crippen LogP contribution in [0.2, 0.25) is 0 Å². The first-order valence-electron chi connectivity index (χ1n) is 5.64. The van der Waals surface area contributed by atoms with Crippen LogP contribution in [0.3, 0.4) is 0 Å². The van der Waals surface area contributed by atoms with Gasteiger partial charge in [-0.2, -0.15) is 0 Å². The number of alkyl carbamates (subject to hydrolysis) is 1. The van der Waals surface area contributed by atoms with Crippen LogP contribution in [-0.4, -0.2) is 49.2 Å². The van der Waals surface area contributed by atoms with E-state index in [1.807, 2.05) is 32.7 Å². The number of carbonyl (C=O) groups is 2. The molecule has 0 atom stereocenters. The molecule has 0 aliphatic rings. The van der Waals surface area contributed by atoms with Crippen LogP contribution in [0.4, 0.5) is 4.79 Å². The highest BCUT2D eigenvalue weighted by molar-refractivity contribution is 5.73. The van der Waals surface area contributed by atoms with Crippen LogP contribution in [-0.2, 0) is 9.53 Å². The predicted octanol–water partition coefficient (Wildman–Crippen LogP) is 0.318. The molecular weight excluding hydrogens is 222 g/mol. The van der Waals surface area contributed by atoms with Crippen LogP contribution in [0, 0.1) is 0 Å². The summed E-state index contributed by atoms with van der Waals surface area (Å²) in [6.45, 7) is 7.14. The second-order valence-corrected chi connectivity index (χ2v) is 4.95. The van der Waals surface area contributed by atoms with Gasteiger partial charge in [0.2, 0.25) is 5.91 Å². The second kappa shape index (κ2) is 7.11. The van der Waals surface area contributed by atoms with Gasteiger partial charge in [-0.15, -0.1) is 0 Å². The largest absolute Gasteiger partial charge is 0.444 e. The molecule has 0 radical (unpaired) electrons. The highest BCUT2D eigenvalue weighted by Crippen LogP contribution is 2.06. The Morgan fingerprint density at radius 2 is 1.88 bits per heavy atom. The lowest BCUT2D eigenvalue weighted by Gasteiger charge is -2.21. The summed E-state index contributed by atoms with van der Waals surface area (Å²) < 4.78 is 5.08. The number of nitrogens with one attached hydrogen (secondary N) is 1. The Morgan fingerprint density at radius 3 is 2.35 bits per heavy atom. The Balaban J connectivity index is 3.62. The number of amides is 2. The fraction of sp³-hybridized carbons (Fsp3) is 0.818. The fourth-order valence-corrected chi connectivity index (χ4v) is 1.08. The molecule has 0 aromatic carbocycles. The predicted molar refractivity (Wildman–Crippen MR) is 65.5 cm³/mol. The first-order valence-corrected chi connectivity index (χ1v) is 5.64. The number of hydrogen-bond acceptors (Lipinski definition) is 4. The van der Waals surface area contributed by atoms with Gasteiger partial charge in [0, 0.05) is 26.1 Å². The van der Waals surface area contributed by atoms with E-state index in [2.05, 4.69) is 5.32 Å². The first-order chi connectivity index (χ1) is 7.70. The van der Waals surface area contributed by atoms with E-state index in [9.17, 15) is 9.59 Å². The van der Waals surface area contributed by atoms with Gasteiger partial charge in [0.1, 0.15) is 5.60 Å². The molecule has 6 heteroatoms. The normalized spacial score (nSPS) is 11.4. The minimum Gasteiger partial charge on any atom is -0.444 e. The van der Waals surface area contributed by atoms with E-state index in [0.29, 0.717) is 26.1 Å². The van der Waals surface area contributed by atoms with Crippen molar-refractivity contribution in [2.45, 2.75) is 32.8 Å². The van der Waals surface area contributed by atoms with Gasteiger partial charge < -0.3 is 20.7 Å². The molecule has 0 saturated heterocycles. The lowest BCUT2D eigenvalue weighted by Crippen LogP contribution is -2.37. The molecule has 0 aliphatic heterocycles. The summed E-state index contributed by atoms with van der Waals surface area (Å²) in [6.07, 6.45) is -0.107. The van der Waals surface area contributed by atoms with Gasteiger partial charge >= 0.3 is 6.09 Å². The maximum absolute atomic E-state index is 11.3. The molecule has 0 aromatic heterocycles. The van der Waals surface area contributed by atoms with Gasteiger partial charge in [0.25, 0.3) is 0 Å². The number of likely N-dealkylation sites (N-methyl/N-ethyl adjacent to an activating group) is 1. The van der Waals surface area contributed by atoms with Crippen molar-refractivity contribution in [3.8, 4) is 0 Å². The number of ether oxygens (including phenoxy) is 1. The van der Waals surface area contributed by atoms with Crippen LogP contribution in [0.5, 0.6) is 0 Å². The standard InChI is InChI=1S/C11H23N3O3/c1-11(2,3)17-10(16)13-6-8-14(4)7-5-9(12)15/h5-8H2,1-4H3,(H2,12,15)(H,13,16). The maximum atomic E-state index is 11.3. The highest BCUT2D eigenvalue weighted by Gasteiger charge is 2.15. The molecule has 0 heterocycles. The van der Waals surface area contributed by atoms with Gasteiger partial charge in [0.05, 0.1) is 0 Å². The van der Waals surface area contributed by atoms with Crippen molar-refractivity contribution in [1.29, 1.82) is 0 Å². The minimum absolute atomic E-state index is 0.322. The average molecular weight is 245 g/mol. The molecule has 0 aromatic rings. The third-order valence-electron chi connectivity index (χ3n) is 1.90. The van der Waals surface area contributed by atoms with E-state index in [0.717, 1.165) is 0 Å².